The minimum atomic E-state index is 0.276. The molecule has 0 fully saturated rings. The van der Waals surface area contributed by atoms with E-state index in [0.717, 1.165) is 0 Å². The normalized spacial score (nSPS) is 11.9. The molecule has 0 aliphatic heterocycles. The molecule has 29 heavy (non-hydrogen) atoms. The van der Waals surface area contributed by atoms with Gasteiger partial charge in [0.1, 0.15) is 0 Å². The van der Waals surface area contributed by atoms with Crippen LogP contribution in [0.5, 0.6) is 0 Å². The van der Waals surface area contributed by atoms with Crippen LogP contribution in [0.3, 0.4) is 0 Å². The van der Waals surface area contributed by atoms with Crippen LogP contribution in [0.2, 0.25) is 0 Å². The van der Waals surface area contributed by atoms with Crippen molar-refractivity contribution in [3.05, 3.63) is 91.0 Å². The van der Waals surface area contributed by atoms with Crippen LogP contribution in [0.15, 0.2) is 91.0 Å². The first-order valence-corrected chi connectivity index (χ1v) is 10.9. The smallest absolute Gasteiger partial charge is 0.257 e. The summed E-state index contributed by atoms with van der Waals surface area (Å²) in [6, 6.07) is 33.3. The van der Waals surface area contributed by atoms with Gasteiger partial charge in [0, 0.05) is 0 Å². The zero-order chi connectivity index (χ0) is 19.4. The van der Waals surface area contributed by atoms with Crippen LogP contribution in [0.1, 0.15) is 0 Å². The van der Waals surface area contributed by atoms with Crippen LogP contribution >= 0.6 is 0 Å². The van der Waals surface area contributed by atoms with Gasteiger partial charge in [0.15, 0.2) is 0 Å². The quantitative estimate of drug-likeness (QED) is 0.203. The molecule has 5 radical (unpaired) electrons. The Kier molecular flexibility index (Phi) is 3.81. The maximum Gasteiger partial charge on any atom is 0.257 e. The molecule has 0 aliphatic carbocycles. The molecular weight excluding hydrogens is 384 g/mol. The Morgan fingerprint density at radius 3 is 1.76 bits per heavy atom. The highest BCUT2D eigenvalue weighted by Crippen LogP contribution is 2.33. The van der Waals surface area contributed by atoms with Gasteiger partial charge in [0.25, 0.3) is 9.76 Å². The van der Waals surface area contributed by atoms with E-state index in [1.165, 1.54) is 59.0 Å². The number of benzene rings is 6. The van der Waals surface area contributed by atoms with Crippen LogP contribution in [-0.2, 0) is 4.12 Å². The summed E-state index contributed by atoms with van der Waals surface area (Å²) in [6.07, 6.45) is 0. The molecule has 3 heteroatoms. The third-order valence-electron chi connectivity index (χ3n) is 5.82. The standard InChI is InChI=1S/C26H15OSi2/c28-27-29-26-7-3-6-18-12-19-8-9-20-13-21-10-16-4-1-2-5-17(16)11-22(21)14-23(20)24(19)15-25(18)26/h1-15H. The molecule has 0 N–H and O–H groups in total. The maximum absolute atomic E-state index is 5.27. The highest BCUT2D eigenvalue weighted by molar-refractivity contribution is 6.54. The first-order valence-electron chi connectivity index (χ1n) is 9.60. The zero-order valence-electron chi connectivity index (χ0n) is 15.6. The van der Waals surface area contributed by atoms with Crippen LogP contribution in [-0.4, -0.2) is 20.2 Å². The summed E-state index contributed by atoms with van der Waals surface area (Å²) in [5.41, 5.74) is 0. The predicted octanol–water partition coefficient (Wildman–Crippen LogP) is 5.80. The fourth-order valence-corrected chi connectivity index (χ4v) is 5.35. The minimum absolute atomic E-state index is 0.276. The summed E-state index contributed by atoms with van der Waals surface area (Å²) in [5, 5.41) is 14.0. The molecule has 0 heterocycles. The average Bonchev–Trinajstić information content (AvgIpc) is 2.75. The third kappa shape index (κ3) is 2.70. The second-order valence-electron chi connectivity index (χ2n) is 7.49. The highest BCUT2D eigenvalue weighted by Gasteiger charge is 2.08. The molecule has 0 saturated heterocycles. The van der Waals surface area contributed by atoms with Crippen molar-refractivity contribution < 1.29 is 4.12 Å². The summed E-state index contributed by atoms with van der Waals surface area (Å²) in [7, 11) is 3.45. The molecule has 0 aliphatic rings. The molecule has 0 aromatic heterocycles. The average molecular weight is 400 g/mol. The Balaban J connectivity index is 1.72. The lowest BCUT2D eigenvalue weighted by atomic mass is 9.95. The summed E-state index contributed by atoms with van der Waals surface area (Å²) >= 11 is 0. The Morgan fingerprint density at radius 1 is 0.483 bits per heavy atom. The van der Waals surface area contributed by atoms with Gasteiger partial charge in [-0.2, -0.15) is 0 Å². The molecule has 0 bridgehead atoms. The Bertz CT molecular complexity index is 1570. The van der Waals surface area contributed by atoms with E-state index in [2.05, 4.69) is 101 Å². The van der Waals surface area contributed by atoms with Crippen molar-refractivity contribution in [2.24, 2.45) is 0 Å². The molecule has 0 amide bonds. The van der Waals surface area contributed by atoms with Crippen LogP contribution < -0.4 is 5.19 Å². The monoisotopic (exact) mass is 399 g/mol. The number of hydrogen-bond donors (Lipinski definition) is 0. The Morgan fingerprint density at radius 2 is 1.03 bits per heavy atom. The van der Waals surface area contributed by atoms with Crippen molar-refractivity contribution in [3.8, 4) is 0 Å². The molecule has 133 valence electrons. The van der Waals surface area contributed by atoms with Gasteiger partial charge in [-0.1, -0.05) is 54.6 Å². The Hall–Kier alpha value is -2.99. The largest absolute Gasteiger partial charge is 0.454 e. The van der Waals surface area contributed by atoms with Crippen molar-refractivity contribution >= 4 is 79.3 Å². The van der Waals surface area contributed by atoms with E-state index in [9.17, 15) is 0 Å². The fraction of sp³-hybridized carbons (Fsp3) is 0. The summed E-state index contributed by atoms with van der Waals surface area (Å²) in [4.78, 5) is 0. The van der Waals surface area contributed by atoms with Crippen molar-refractivity contribution in [1.82, 2.24) is 0 Å². The number of rotatable bonds is 2. The predicted molar refractivity (Wildman–Crippen MR) is 126 cm³/mol. The molecule has 6 aromatic rings. The third-order valence-corrected chi connectivity index (χ3v) is 6.88. The van der Waals surface area contributed by atoms with Gasteiger partial charge in [-0.15, -0.1) is 0 Å². The van der Waals surface area contributed by atoms with Gasteiger partial charge >= 0.3 is 0 Å². The highest BCUT2D eigenvalue weighted by atomic mass is 28.3. The molecule has 1 nitrogen and oxygen atoms in total. The SMILES string of the molecule is [Si]O[Si]c1cccc2cc3ccc4cc5cc6ccccc6cc5cc4c3cc12. The van der Waals surface area contributed by atoms with Crippen molar-refractivity contribution in [2.75, 3.05) is 0 Å². The first kappa shape index (κ1) is 16.9. The lowest BCUT2D eigenvalue weighted by molar-refractivity contribution is 0.677. The van der Waals surface area contributed by atoms with Crippen molar-refractivity contribution in [3.63, 3.8) is 0 Å². The second kappa shape index (κ2) is 6.53. The van der Waals surface area contributed by atoms with E-state index < -0.39 is 0 Å². The minimum Gasteiger partial charge on any atom is -0.454 e. The molecule has 0 atom stereocenters. The van der Waals surface area contributed by atoms with Crippen molar-refractivity contribution in [1.29, 1.82) is 0 Å². The lowest BCUT2D eigenvalue weighted by Crippen LogP contribution is -2.17. The van der Waals surface area contributed by atoms with Gasteiger partial charge in [0.05, 0.1) is 0 Å². The van der Waals surface area contributed by atoms with Gasteiger partial charge in [-0.05, 0) is 95.4 Å². The summed E-state index contributed by atoms with van der Waals surface area (Å²) in [6.45, 7) is 0. The van der Waals surface area contributed by atoms with Crippen LogP contribution in [0, 0.1) is 0 Å². The number of fused-ring (bicyclic) bond motifs is 6. The number of hydrogen-bond acceptors (Lipinski definition) is 1. The topological polar surface area (TPSA) is 9.23 Å². The van der Waals surface area contributed by atoms with E-state index in [-0.39, 0.29) is 9.76 Å². The molecule has 6 aromatic carbocycles. The summed E-state index contributed by atoms with van der Waals surface area (Å²) < 4.78 is 5.27. The Labute approximate surface area is 174 Å². The lowest BCUT2D eigenvalue weighted by Gasteiger charge is -2.11. The van der Waals surface area contributed by atoms with Gasteiger partial charge < -0.3 is 4.12 Å². The second-order valence-corrected chi connectivity index (χ2v) is 9.05. The molecule has 0 saturated carbocycles. The first-order chi connectivity index (χ1) is 14.3. The molecular formula is C26H15OSi2. The van der Waals surface area contributed by atoms with Crippen molar-refractivity contribution in [2.45, 2.75) is 0 Å². The molecule has 0 unspecified atom stereocenters. The van der Waals surface area contributed by atoms with Crippen LogP contribution in [0.4, 0.5) is 0 Å². The van der Waals surface area contributed by atoms with E-state index in [0.29, 0.717) is 0 Å². The van der Waals surface area contributed by atoms with Gasteiger partial charge in [-0.25, -0.2) is 0 Å². The van der Waals surface area contributed by atoms with E-state index in [1.54, 1.807) is 0 Å². The van der Waals surface area contributed by atoms with E-state index >= 15 is 0 Å². The maximum atomic E-state index is 5.27. The molecule has 0 spiro atoms. The molecule has 6 rings (SSSR count). The van der Waals surface area contributed by atoms with Gasteiger partial charge in [-0.3, -0.25) is 0 Å². The van der Waals surface area contributed by atoms with Crippen LogP contribution in [0.25, 0.3) is 53.9 Å². The van der Waals surface area contributed by atoms with E-state index in [4.69, 9.17) is 4.12 Å². The van der Waals surface area contributed by atoms with E-state index in [1.807, 2.05) is 0 Å². The van der Waals surface area contributed by atoms with Gasteiger partial charge in [0.2, 0.25) is 10.5 Å². The summed E-state index contributed by atoms with van der Waals surface area (Å²) in [5.74, 6) is 0. The zero-order valence-corrected chi connectivity index (χ0v) is 17.6. The fourth-order valence-electron chi connectivity index (χ4n) is 4.42.